The molecular weight excluding hydrogens is 477 g/mol. The second-order valence-electron chi connectivity index (χ2n) is 9.72. The van der Waals surface area contributed by atoms with Crippen LogP contribution in [0.5, 0.6) is 5.75 Å². The van der Waals surface area contributed by atoms with Gasteiger partial charge in [0.25, 0.3) is 0 Å². The largest absolute Gasteiger partial charge is 0.489 e. The number of hydrogen-bond acceptors (Lipinski definition) is 7. The Kier molecular flexibility index (Phi) is 5.55. The van der Waals surface area contributed by atoms with E-state index in [4.69, 9.17) is 4.74 Å². The highest BCUT2D eigenvalue weighted by Gasteiger charge is 2.55. The molecule has 0 aromatic carbocycles. The average Bonchev–Trinajstić information content (AvgIpc) is 3.24. The van der Waals surface area contributed by atoms with Crippen molar-refractivity contribution in [3.8, 4) is 22.9 Å². The van der Waals surface area contributed by atoms with Crippen LogP contribution in [0.1, 0.15) is 25.8 Å². The van der Waals surface area contributed by atoms with E-state index in [0.717, 1.165) is 4.90 Å². The molecule has 1 amide bonds. The normalized spacial score (nSPS) is 19.7. The lowest BCUT2D eigenvalue weighted by atomic mass is 9.87. The quantitative estimate of drug-likeness (QED) is 0.574. The Morgan fingerprint density at radius 3 is 2.56 bits per heavy atom. The van der Waals surface area contributed by atoms with Crippen molar-refractivity contribution in [3.05, 3.63) is 42.4 Å². The molecule has 36 heavy (non-hydrogen) atoms. The van der Waals surface area contributed by atoms with Crippen LogP contribution in [0.15, 0.2) is 36.8 Å². The van der Waals surface area contributed by atoms with Crippen LogP contribution < -0.4 is 9.64 Å². The molecule has 2 unspecified atom stereocenters. The molecule has 1 N–H and O–H groups in total. The van der Waals surface area contributed by atoms with Crippen molar-refractivity contribution in [2.75, 3.05) is 24.6 Å². The Morgan fingerprint density at radius 1 is 1.25 bits per heavy atom. The lowest BCUT2D eigenvalue weighted by Crippen LogP contribution is -2.72. The molecule has 3 aliphatic heterocycles. The highest BCUT2D eigenvalue weighted by molar-refractivity contribution is 5.85. The number of piperazine rings is 1. The number of ether oxygens (including phenoxy) is 1. The molecule has 0 aliphatic carbocycles. The van der Waals surface area contributed by atoms with E-state index in [2.05, 4.69) is 16.2 Å². The second kappa shape index (κ2) is 8.37. The third kappa shape index (κ3) is 4.30. The summed E-state index contributed by atoms with van der Waals surface area (Å²) in [5, 5.41) is 23.8. The standard InChI is InChI=1S/C24H23F3N6O3/c1-23(2,35)13-36-18-6-19(21-15(7-28)9-30-32(21)12-18)14-3-4-20(29-8-14)31-10-16-5-17(11-31)33(16)22(34)24(25,26)27/h3-4,6,8-9,12,16-17,35H,5,10-11,13H2,1-2H3. The number of alkyl halides is 3. The van der Waals surface area contributed by atoms with E-state index in [-0.39, 0.29) is 19.7 Å². The molecule has 0 radical (unpaired) electrons. The minimum Gasteiger partial charge on any atom is -0.489 e. The molecule has 6 heterocycles. The maximum Gasteiger partial charge on any atom is 0.471 e. The molecule has 2 bridgehead atoms. The van der Waals surface area contributed by atoms with Gasteiger partial charge >= 0.3 is 12.1 Å². The third-order valence-electron chi connectivity index (χ3n) is 6.35. The summed E-state index contributed by atoms with van der Waals surface area (Å²) in [6, 6.07) is 6.46. The summed E-state index contributed by atoms with van der Waals surface area (Å²) >= 11 is 0. The van der Waals surface area contributed by atoms with Gasteiger partial charge in [0.05, 0.1) is 41.2 Å². The molecule has 3 aromatic heterocycles. The molecule has 2 atom stereocenters. The van der Waals surface area contributed by atoms with Gasteiger partial charge in [0.2, 0.25) is 0 Å². The minimum atomic E-state index is -4.87. The van der Waals surface area contributed by atoms with Crippen molar-refractivity contribution in [3.63, 3.8) is 0 Å². The van der Waals surface area contributed by atoms with Crippen molar-refractivity contribution >= 4 is 17.2 Å². The number of fused-ring (bicyclic) bond motifs is 3. The summed E-state index contributed by atoms with van der Waals surface area (Å²) in [5.74, 6) is -0.745. The van der Waals surface area contributed by atoms with Crippen molar-refractivity contribution in [2.24, 2.45) is 0 Å². The number of rotatable bonds is 5. The summed E-state index contributed by atoms with van der Waals surface area (Å²) in [7, 11) is 0. The Hall–Kier alpha value is -3.85. The molecule has 3 fully saturated rings. The van der Waals surface area contributed by atoms with Crippen LogP contribution in [0.4, 0.5) is 19.0 Å². The zero-order valence-corrected chi connectivity index (χ0v) is 19.5. The molecule has 3 saturated heterocycles. The van der Waals surface area contributed by atoms with Gasteiger partial charge in [-0.05, 0) is 38.5 Å². The van der Waals surface area contributed by atoms with Gasteiger partial charge in [0, 0.05) is 30.4 Å². The molecular formula is C24H23F3N6O3. The summed E-state index contributed by atoms with van der Waals surface area (Å²) < 4.78 is 45.9. The number of pyridine rings is 2. The van der Waals surface area contributed by atoms with Gasteiger partial charge in [-0.1, -0.05) is 0 Å². The first-order valence-electron chi connectivity index (χ1n) is 11.3. The number of anilines is 1. The molecule has 9 nitrogen and oxygen atoms in total. The number of aromatic nitrogens is 3. The average molecular weight is 500 g/mol. The summed E-state index contributed by atoms with van der Waals surface area (Å²) in [5.41, 5.74) is 1.23. The maximum atomic E-state index is 12.9. The van der Waals surface area contributed by atoms with Crippen LogP contribution >= 0.6 is 0 Å². The van der Waals surface area contributed by atoms with E-state index in [1.165, 1.54) is 10.7 Å². The van der Waals surface area contributed by atoms with Crippen LogP contribution in [0.25, 0.3) is 16.6 Å². The van der Waals surface area contributed by atoms with Gasteiger partial charge in [-0.25, -0.2) is 9.50 Å². The van der Waals surface area contributed by atoms with E-state index in [1.807, 2.05) is 11.0 Å². The summed E-state index contributed by atoms with van der Waals surface area (Å²) in [4.78, 5) is 19.0. The van der Waals surface area contributed by atoms with Crippen LogP contribution in [0.2, 0.25) is 0 Å². The number of nitriles is 1. The van der Waals surface area contributed by atoms with E-state index in [9.17, 15) is 28.3 Å². The fourth-order valence-corrected chi connectivity index (χ4v) is 4.74. The number of hydrogen-bond donors (Lipinski definition) is 1. The first-order chi connectivity index (χ1) is 16.9. The molecule has 6 rings (SSSR count). The first-order valence-corrected chi connectivity index (χ1v) is 11.3. The summed E-state index contributed by atoms with van der Waals surface area (Å²) in [6.07, 6.45) is 0.377. The SMILES string of the molecule is CC(C)(O)COc1cc(-c2ccc(N3CC4CC(C3)N4C(=O)C(F)(F)F)nc2)c2c(C#N)cnn2c1. The molecule has 12 heteroatoms. The predicted molar refractivity (Wildman–Crippen MR) is 122 cm³/mol. The van der Waals surface area contributed by atoms with Crippen LogP contribution in [0.3, 0.4) is 0 Å². The zero-order valence-electron chi connectivity index (χ0n) is 19.5. The lowest BCUT2D eigenvalue weighted by molar-refractivity contribution is -0.199. The van der Waals surface area contributed by atoms with E-state index in [1.54, 1.807) is 38.4 Å². The number of aliphatic hydroxyl groups is 1. The van der Waals surface area contributed by atoms with E-state index < -0.39 is 29.8 Å². The Balaban J connectivity index is 1.40. The molecule has 3 aliphatic rings. The molecule has 188 valence electrons. The van der Waals surface area contributed by atoms with Crippen molar-refractivity contribution in [1.29, 1.82) is 5.26 Å². The Labute approximate surface area is 204 Å². The van der Waals surface area contributed by atoms with Gasteiger partial charge in [-0.2, -0.15) is 23.5 Å². The van der Waals surface area contributed by atoms with Crippen molar-refractivity contribution in [1.82, 2.24) is 19.5 Å². The topological polar surface area (TPSA) is 107 Å². The number of nitrogens with zero attached hydrogens (tertiary/aromatic N) is 6. The van der Waals surface area contributed by atoms with Gasteiger partial charge < -0.3 is 19.6 Å². The van der Waals surface area contributed by atoms with Crippen molar-refractivity contribution in [2.45, 2.75) is 44.1 Å². The second-order valence-corrected chi connectivity index (χ2v) is 9.72. The Bertz CT molecular complexity index is 1340. The highest BCUT2D eigenvalue weighted by Crippen LogP contribution is 2.38. The van der Waals surface area contributed by atoms with Gasteiger partial charge in [-0.3, -0.25) is 4.79 Å². The smallest absolute Gasteiger partial charge is 0.471 e. The van der Waals surface area contributed by atoms with Crippen LogP contribution in [-0.4, -0.2) is 74.1 Å². The molecule has 3 aromatic rings. The van der Waals surface area contributed by atoms with Crippen molar-refractivity contribution < 1.29 is 27.8 Å². The number of halogens is 3. The third-order valence-corrected chi connectivity index (χ3v) is 6.35. The number of amides is 1. The zero-order chi connectivity index (χ0) is 25.8. The van der Waals surface area contributed by atoms with E-state index >= 15 is 0 Å². The highest BCUT2D eigenvalue weighted by atomic mass is 19.4. The van der Waals surface area contributed by atoms with E-state index in [0.29, 0.717) is 40.2 Å². The van der Waals surface area contributed by atoms with Gasteiger partial charge in [0.15, 0.2) is 0 Å². The van der Waals surface area contributed by atoms with Crippen LogP contribution in [-0.2, 0) is 4.79 Å². The fourth-order valence-electron chi connectivity index (χ4n) is 4.74. The lowest BCUT2D eigenvalue weighted by Gasteiger charge is -2.56. The molecule has 0 saturated carbocycles. The number of carbonyl (C=O) groups excluding carboxylic acids is 1. The summed E-state index contributed by atoms with van der Waals surface area (Å²) in [6.45, 7) is 3.85. The predicted octanol–water partition coefficient (Wildman–Crippen LogP) is 2.77. The maximum absolute atomic E-state index is 12.9. The van der Waals surface area contributed by atoms with Gasteiger partial charge in [-0.15, -0.1) is 0 Å². The van der Waals surface area contributed by atoms with Gasteiger partial charge in [0.1, 0.15) is 24.2 Å². The fraction of sp³-hybridized carbons (Fsp3) is 0.417. The van der Waals surface area contributed by atoms with Crippen LogP contribution in [0, 0.1) is 11.3 Å². The Morgan fingerprint density at radius 2 is 1.97 bits per heavy atom. The molecule has 0 spiro atoms. The number of piperidine rings is 1. The monoisotopic (exact) mass is 500 g/mol. The minimum absolute atomic E-state index is 0.0483. The first kappa shape index (κ1) is 23.9. The number of carbonyl (C=O) groups is 1.